The first-order valence-electron chi connectivity index (χ1n) is 8.60. The van der Waals surface area contributed by atoms with Crippen LogP contribution in [0, 0.1) is 10.1 Å². The second kappa shape index (κ2) is 11.4. The molecule has 1 saturated heterocycles. The van der Waals surface area contributed by atoms with Gasteiger partial charge in [0.1, 0.15) is 0 Å². The van der Waals surface area contributed by atoms with Crippen molar-refractivity contribution in [1.82, 2.24) is 10.6 Å². The lowest BCUT2D eigenvalue weighted by atomic mass is 10.1. The summed E-state index contributed by atoms with van der Waals surface area (Å²) < 4.78 is 1.93. The van der Waals surface area contributed by atoms with Gasteiger partial charge in [-0.25, -0.2) is 4.79 Å². The van der Waals surface area contributed by atoms with Crippen LogP contribution >= 0.6 is 0 Å². The van der Waals surface area contributed by atoms with Gasteiger partial charge in [-0.2, -0.15) is 4.57 Å². The number of pyridine rings is 1. The van der Waals surface area contributed by atoms with Crippen LogP contribution in [0.25, 0.3) is 0 Å². The van der Waals surface area contributed by atoms with Crippen LogP contribution < -0.4 is 15.2 Å². The number of Topliss-reactive ketones (excluding diaryl/α,β-unsaturated/α-hetero) is 1. The van der Waals surface area contributed by atoms with E-state index in [4.69, 9.17) is 0 Å². The Balaban J connectivity index is 0.000000277. The van der Waals surface area contributed by atoms with Gasteiger partial charge >= 0.3 is 23.9 Å². The van der Waals surface area contributed by atoms with E-state index in [1.165, 1.54) is 19.3 Å². The molecule has 27 heavy (non-hydrogen) atoms. The van der Waals surface area contributed by atoms with E-state index in [1.807, 2.05) is 35.2 Å². The third-order valence-electron chi connectivity index (χ3n) is 3.63. The quantitative estimate of drug-likeness (QED) is 0.222. The Morgan fingerprint density at radius 1 is 1.07 bits per heavy atom. The molecule has 2 heterocycles. The summed E-state index contributed by atoms with van der Waals surface area (Å²) in [6.45, 7) is 2.70. The van der Waals surface area contributed by atoms with Crippen molar-refractivity contribution in [3.8, 4) is 0 Å². The third-order valence-corrected chi connectivity index (χ3v) is 3.63. The molecule has 4 amide bonds. The summed E-state index contributed by atoms with van der Waals surface area (Å²) >= 11 is 0. The average molecular weight is 379 g/mol. The summed E-state index contributed by atoms with van der Waals surface area (Å²) in [6.07, 6.45) is 9.28. The van der Waals surface area contributed by atoms with Crippen LogP contribution in [0.4, 0.5) is 4.79 Å². The van der Waals surface area contributed by atoms with E-state index in [0.29, 0.717) is 12.3 Å². The molecule has 2 rings (SSSR count). The number of hydrogen-bond acceptors (Lipinski definition) is 6. The number of barbiturate groups is 1. The van der Waals surface area contributed by atoms with E-state index < -0.39 is 28.8 Å². The van der Waals surface area contributed by atoms with Gasteiger partial charge in [0.15, 0.2) is 18.2 Å². The molecule has 1 aromatic heterocycles. The molecule has 10 heteroatoms. The molecule has 146 valence electrons. The first kappa shape index (κ1) is 21.9. The highest BCUT2D eigenvalue weighted by Gasteiger charge is 2.43. The normalized spacial score (nSPS) is 13.9. The molecule has 10 nitrogen and oxygen atoms in total. The van der Waals surface area contributed by atoms with Crippen LogP contribution in [0.2, 0.25) is 0 Å². The van der Waals surface area contributed by atoms with Crippen molar-refractivity contribution in [1.29, 1.82) is 0 Å². The number of unbranched alkanes of at least 4 members (excludes halogenated alkanes) is 3. The predicted octanol–water partition coefficient (Wildman–Crippen LogP) is 0.511. The minimum absolute atomic E-state index is 0.335. The molecule has 0 atom stereocenters. The van der Waals surface area contributed by atoms with E-state index in [1.54, 1.807) is 10.6 Å². The lowest BCUT2D eigenvalue weighted by Crippen LogP contribution is -2.61. The molecular weight excluding hydrogens is 356 g/mol. The molecule has 0 saturated carbocycles. The monoisotopic (exact) mass is 379 g/mol. The zero-order valence-corrected chi connectivity index (χ0v) is 15.1. The average Bonchev–Trinajstić information content (AvgIpc) is 2.59. The van der Waals surface area contributed by atoms with E-state index in [2.05, 4.69) is 6.92 Å². The van der Waals surface area contributed by atoms with Gasteiger partial charge in [-0.05, 0) is 6.42 Å². The first-order chi connectivity index (χ1) is 12.8. The van der Waals surface area contributed by atoms with Crippen LogP contribution in [0.3, 0.4) is 0 Å². The molecule has 1 aromatic rings. The van der Waals surface area contributed by atoms with Crippen LogP contribution in [0.5, 0.6) is 0 Å². The topological polar surface area (TPSA) is 139 Å². The lowest BCUT2D eigenvalue weighted by molar-refractivity contribution is -0.684. The number of aromatic nitrogens is 1. The number of hydrogen-bond donors (Lipinski definition) is 2. The maximum Gasteiger partial charge on any atom is 0.366 e. The van der Waals surface area contributed by atoms with Crippen LogP contribution in [-0.2, 0) is 20.9 Å². The van der Waals surface area contributed by atoms with Gasteiger partial charge in [0, 0.05) is 23.5 Å². The predicted molar refractivity (Wildman–Crippen MR) is 92.9 cm³/mol. The van der Waals surface area contributed by atoms with Crippen molar-refractivity contribution in [3.63, 3.8) is 0 Å². The zero-order chi connectivity index (χ0) is 20.2. The minimum Gasteiger partial charge on any atom is -0.293 e. The number of nitrogens with one attached hydrogen (secondary N) is 2. The maximum absolute atomic E-state index is 11.6. The summed E-state index contributed by atoms with van der Waals surface area (Å²) in [6, 6.07) is 2.79. The number of carbonyl (C=O) groups is 4. The summed E-state index contributed by atoms with van der Waals surface area (Å²) in [4.78, 5) is 52.1. The number of urea groups is 1. The van der Waals surface area contributed by atoms with Gasteiger partial charge in [-0.3, -0.25) is 35.1 Å². The largest absolute Gasteiger partial charge is 0.366 e. The van der Waals surface area contributed by atoms with Crippen molar-refractivity contribution in [2.45, 2.75) is 51.6 Å². The standard InChI is InChI=1S/C13H20NO.C4H3N3O5/c1-2-3-4-6-9-13(15)12-14-10-7-5-8-11-14;8-2-1(7(11)12)3(9)6-4(10)5-2/h5,7-8,10-11H,2-4,6,9,12H2,1H3;1H,(H2,5,6,8,9,10)/q+1;. The van der Waals surface area contributed by atoms with Crippen molar-refractivity contribution in [3.05, 3.63) is 40.7 Å². The molecule has 2 N–H and O–H groups in total. The van der Waals surface area contributed by atoms with Gasteiger partial charge in [0.25, 0.3) is 0 Å². The molecular formula is C17H23N4O6+. The number of carbonyl (C=O) groups excluding carboxylic acids is 4. The Bertz CT molecular complexity index is 672. The first-order valence-corrected chi connectivity index (χ1v) is 8.60. The number of nitrogens with zero attached hydrogens (tertiary/aromatic N) is 2. The van der Waals surface area contributed by atoms with Gasteiger partial charge in [0.2, 0.25) is 6.54 Å². The molecule has 1 aliphatic rings. The van der Waals surface area contributed by atoms with Gasteiger partial charge in [-0.15, -0.1) is 0 Å². The number of imide groups is 2. The summed E-state index contributed by atoms with van der Waals surface area (Å²) in [7, 11) is 0. The van der Waals surface area contributed by atoms with Crippen molar-refractivity contribution in [2.24, 2.45) is 0 Å². The fraction of sp³-hybridized carbons (Fsp3) is 0.471. The maximum atomic E-state index is 11.6. The molecule has 0 bridgehead atoms. The SMILES string of the molecule is CCCCCCC(=O)C[n+]1ccccc1.O=C1NC(=O)C([N+](=O)[O-])C(=O)N1. The second-order valence-corrected chi connectivity index (χ2v) is 5.89. The van der Waals surface area contributed by atoms with Gasteiger partial charge < -0.3 is 0 Å². The number of nitro groups is 1. The highest BCUT2D eigenvalue weighted by molar-refractivity contribution is 6.17. The lowest BCUT2D eigenvalue weighted by Gasteiger charge is -2.13. The fourth-order valence-corrected chi connectivity index (χ4v) is 2.27. The minimum atomic E-state index is -2.03. The molecule has 1 fully saturated rings. The Morgan fingerprint density at radius 2 is 1.67 bits per heavy atom. The molecule has 0 aromatic carbocycles. The Kier molecular flexibility index (Phi) is 9.27. The van der Waals surface area contributed by atoms with E-state index in [9.17, 15) is 29.3 Å². The zero-order valence-electron chi connectivity index (χ0n) is 15.1. The fourth-order valence-electron chi connectivity index (χ4n) is 2.27. The third kappa shape index (κ3) is 8.17. The van der Waals surface area contributed by atoms with Crippen molar-refractivity contribution < 1.29 is 28.7 Å². The van der Waals surface area contributed by atoms with Gasteiger partial charge in [0.05, 0.1) is 0 Å². The molecule has 0 radical (unpaired) electrons. The van der Waals surface area contributed by atoms with Gasteiger partial charge in [-0.1, -0.05) is 32.3 Å². The van der Waals surface area contributed by atoms with Crippen molar-refractivity contribution in [2.75, 3.05) is 0 Å². The van der Waals surface area contributed by atoms with E-state index >= 15 is 0 Å². The summed E-state index contributed by atoms with van der Waals surface area (Å²) in [5, 5.41) is 13.2. The molecule has 0 aliphatic carbocycles. The van der Waals surface area contributed by atoms with Crippen LogP contribution in [-0.4, -0.2) is 34.6 Å². The summed E-state index contributed by atoms with van der Waals surface area (Å²) in [5.74, 6) is -2.09. The molecule has 1 aliphatic heterocycles. The molecule has 0 spiro atoms. The van der Waals surface area contributed by atoms with Crippen LogP contribution in [0.15, 0.2) is 30.6 Å². The number of amides is 4. The summed E-state index contributed by atoms with van der Waals surface area (Å²) in [5.41, 5.74) is 0. The number of rotatable bonds is 8. The van der Waals surface area contributed by atoms with E-state index in [-0.39, 0.29) is 0 Å². The highest BCUT2D eigenvalue weighted by atomic mass is 16.6. The smallest absolute Gasteiger partial charge is 0.293 e. The second-order valence-electron chi connectivity index (χ2n) is 5.89. The Labute approximate surface area is 156 Å². The van der Waals surface area contributed by atoms with Crippen molar-refractivity contribution >= 4 is 23.6 Å². The highest BCUT2D eigenvalue weighted by Crippen LogP contribution is 2.02. The molecule has 0 unspecified atom stereocenters. The Morgan fingerprint density at radius 3 is 2.19 bits per heavy atom. The number of ketones is 1. The van der Waals surface area contributed by atoms with Crippen LogP contribution in [0.1, 0.15) is 39.0 Å². The van der Waals surface area contributed by atoms with E-state index in [0.717, 1.165) is 12.8 Å². The Hall–Kier alpha value is -3.17.